The second-order valence-corrected chi connectivity index (χ2v) is 9.34. The van der Waals surface area contributed by atoms with E-state index in [9.17, 15) is 0 Å². The minimum atomic E-state index is 0.782. The average Bonchev–Trinajstić information content (AvgIpc) is 2.81. The van der Waals surface area contributed by atoms with E-state index in [4.69, 9.17) is 0 Å². The molecular weight excluding hydrogens is 398 g/mol. The molecule has 6 bridgehead atoms. The largest absolute Gasteiger partial charge is 0.0820 e. The predicted octanol–water partition coefficient (Wildman–Crippen LogP) is 3.37. The summed E-state index contributed by atoms with van der Waals surface area (Å²) in [4.78, 5) is 0. The van der Waals surface area contributed by atoms with Gasteiger partial charge in [-0.1, -0.05) is 52.1 Å². The quantitative estimate of drug-likeness (QED) is 0.423. The van der Waals surface area contributed by atoms with Gasteiger partial charge in [0.2, 0.25) is 0 Å². The minimum absolute atomic E-state index is 0.782. The molecule has 0 aromatic rings. The van der Waals surface area contributed by atoms with Crippen molar-refractivity contribution in [3.63, 3.8) is 0 Å². The van der Waals surface area contributed by atoms with E-state index in [-0.39, 0.29) is 0 Å². The molecule has 0 N–H and O–H groups in total. The van der Waals surface area contributed by atoms with Crippen molar-refractivity contribution >= 4 is 45.2 Å². The Morgan fingerprint density at radius 3 is 2.50 bits per heavy atom. The molecule has 0 aliphatic heterocycles. The zero-order valence-electron chi connectivity index (χ0n) is 8.16. The molecule has 0 aromatic heterocycles. The van der Waals surface area contributed by atoms with Gasteiger partial charge in [0.15, 0.2) is 0 Å². The van der Waals surface area contributed by atoms with Gasteiger partial charge >= 0.3 is 0 Å². The van der Waals surface area contributed by atoms with Crippen molar-refractivity contribution in [2.45, 2.75) is 21.2 Å². The second kappa shape index (κ2) is 2.08. The summed E-state index contributed by atoms with van der Waals surface area (Å²) in [6.45, 7) is 2.65. The zero-order valence-corrected chi connectivity index (χ0v) is 12.5. The van der Waals surface area contributed by atoms with Gasteiger partial charge in [-0.3, -0.25) is 0 Å². The Balaban J connectivity index is 1.88. The molecule has 6 saturated carbocycles. The van der Waals surface area contributed by atoms with E-state index < -0.39 is 0 Å². The molecule has 10 atom stereocenters. The van der Waals surface area contributed by atoms with Crippen molar-refractivity contribution in [3.05, 3.63) is 0 Å². The highest BCUT2D eigenvalue weighted by Gasteiger charge is 2.86. The van der Waals surface area contributed by atoms with E-state index in [1.807, 2.05) is 0 Å². The third-order valence-electron chi connectivity index (χ3n) is 6.84. The molecule has 6 rings (SSSR count). The van der Waals surface area contributed by atoms with Gasteiger partial charge in [-0.15, -0.1) is 0 Å². The normalized spacial score (nSPS) is 85.5. The molecule has 6 fully saturated rings. The maximum absolute atomic E-state index is 2.82. The SMILES string of the molecule is C[C@@]12[C@@H]3[C@@H](I)[C@H]4[C@H]5C[C@H]([C@H]([C@H]53)[C@@H]1I)[C@H]42. The topological polar surface area (TPSA) is 0 Å². The Labute approximate surface area is 112 Å². The molecule has 0 nitrogen and oxygen atoms in total. The van der Waals surface area contributed by atoms with E-state index in [1.165, 1.54) is 17.8 Å². The van der Waals surface area contributed by atoms with E-state index in [1.54, 1.807) is 6.42 Å². The Morgan fingerprint density at radius 1 is 1.00 bits per heavy atom. The van der Waals surface area contributed by atoms with Gasteiger partial charge in [0.25, 0.3) is 0 Å². The first-order chi connectivity index (χ1) is 6.67. The van der Waals surface area contributed by atoms with E-state index in [2.05, 4.69) is 52.1 Å². The Bertz CT molecular complexity index is 348. The van der Waals surface area contributed by atoms with Gasteiger partial charge in [0.1, 0.15) is 0 Å². The lowest BCUT2D eigenvalue weighted by atomic mass is 9.64. The molecule has 0 unspecified atom stereocenters. The van der Waals surface area contributed by atoms with Gasteiger partial charge in [-0.25, -0.2) is 0 Å². The van der Waals surface area contributed by atoms with E-state index in [0.29, 0.717) is 0 Å². The van der Waals surface area contributed by atoms with Gasteiger partial charge in [-0.2, -0.15) is 0 Å². The summed E-state index contributed by atoms with van der Waals surface area (Å²) in [6.07, 6.45) is 1.63. The molecular formula is C12H14I2. The Kier molecular flexibility index (Phi) is 1.27. The number of rotatable bonds is 0. The summed E-state index contributed by atoms with van der Waals surface area (Å²) in [7, 11) is 0. The van der Waals surface area contributed by atoms with Crippen LogP contribution in [0.1, 0.15) is 13.3 Å². The lowest BCUT2D eigenvalue weighted by Crippen LogP contribution is -2.37. The lowest BCUT2D eigenvalue weighted by molar-refractivity contribution is 0.0703. The number of alkyl halides is 2. The molecule has 0 aromatic carbocycles. The van der Waals surface area contributed by atoms with Crippen LogP contribution in [0.3, 0.4) is 0 Å². The van der Waals surface area contributed by atoms with Crippen LogP contribution in [-0.2, 0) is 0 Å². The third kappa shape index (κ3) is 0.519. The van der Waals surface area contributed by atoms with Crippen LogP contribution in [0.2, 0.25) is 0 Å². The molecule has 0 saturated heterocycles. The molecule has 0 amide bonds. The first-order valence-corrected chi connectivity index (χ1v) is 8.44. The standard InChI is InChI=1S/C12H14I2/c1-12-8-4-2-3-5(6(4)11(12)14)9(12)10(13)7(3)8/h3-11H,2H2,1H3/t3-,4+,5-,6+,7-,8+,9-,10-,11-,12+/m0/s1. The van der Waals surface area contributed by atoms with Crippen LogP contribution < -0.4 is 0 Å². The van der Waals surface area contributed by atoms with Gasteiger partial charge in [-0.05, 0) is 53.3 Å². The lowest BCUT2D eigenvalue weighted by Gasteiger charge is -2.40. The zero-order chi connectivity index (χ0) is 9.40. The number of hydrogen-bond donors (Lipinski definition) is 0. The smallest absolute Gasteiger partial charge is 0.0203 e. The van der Waals surface area contributed by atoms with Crippen molar-refractivity contribution in [2.24, 2.45) is 46.8 Å². The summed E-state index contributed by atoms with van der Waals surface area (Å²) < 4.78 is 2.10. The highest BCUT2D eigenvalue weighted by Crippen LogP contribution is 2.89. The molecule has 0 radical (unpaired) electrons. The van der Waals surface area contributed by atoms with Gasteiger partial charge in [0.05, 0.1) is 0 Å². The summed E-state index contributed by atoms with van der Waals surface area (Å²) in [5.74, 6) is 8.18. The molecule has 6 aliphatic rings. The highest BCUT2D eigenvalue weighted by atomic mass is 127. The highest BCUT2D eigenvalue weighted by molar-refractivity contribution is 14.1. The van der Waals surface area contributed by atoms with E-state index >= 15 is 0 Å². The van der Waals surface area contributed by atoms with Gasteiger partial charge < -0.3 is 0 Å². The van der Waals surface area contributed by atoms with Crippen LogP contribution >= 0.6 is 45.2 Å². The molecule has 0 spiro atoms. The van der Waals surface area contributed by atoms with Gasteiger partial charge in [0, 0.05) is 7.85 Å². The van der Waals surface area contributed by atoms with Crippen LogP contribution in [0.4, 0.5) is 0 Å². The maximum Gasteiger partial charge on any atom is 0.0203 e. The summed E-state index contributed by atoms with van der Waals surface area (Å²) in [6, 6.07) is 0. The monoisotopic (exact) mass is 412 g/mol. The third-order valence-corrected chi connectivity index (χ3v) is 10.6. The van der Waals surface area contributed by atoms with Crippen molar-refractivity contribution in [2.75, 3.05) is 0 Å². The van der Waals surface area contributed by atoms with Crippen LogP contribution in [0.25, 0.3) is 0 Å². The van der Waals surface area contributed by atoms with Crippen molar-refractivity contribution < 1.29 is 0 Å². The van der Waals surface area contributed by atoms with Crippen LogP contribution in [0, 0.1) is 46.8 Å². The summed E-state index contributed by atoms with van der Waals surface area (Å²) >= 11 is 5.64. The molecule has 76 valence electrons. The Morgan fingerprint density at radius 2 is 1.79 bits per heavy atom. The van der Waals surface area contributed by atoms with E-state index in [0.717, 1.165) is 36.9 Å². The molecule has 0 heterocycles. The molecule has 6 aliphatic carbocycles. The molecule has 2 heteroatoms. The number of hydrogen-bond acceptors (Lipinski definition) is 0. The first kappa shape index (κ1) is 8.54. The fourth-order valence-electron chi connectivity index (χ4n) is 6.99. The fraction of sp³-hybridized carbons (Fsp3) is 1.00. The minimum Gasteiger partial charge on any atom is -0.0820 e. The summed E-state index contributed by atoms with van der Waals surface area (Å²) in [5, 5.41) is 0. The van der Waals surface area contributed by atoms with Crippen LogP contribution in [0.15, 0.2) is 0 Å². The predicted molar refractivity (Wildman–Crippen MR) is 72.8 cm³/mol. The maximum atomic E-state index is 2.82. The van der Waals surface area contributed by atoms with Crippen molar-refractivity contribution in [1.29, 1.82) is 0 Å². The van der Waals surface area contributed by atoms with Crippen LogP contribution in [-0.4, -0.2) is 7.85 Å². The van der Waals surface area contributed by atoms with Crippen LogP contribution in [0.5, 0.6) is 0 Å². The first-order valence-electron chi connectivity index (χ1n) is 5.95. The average molecular weight is 412 g/mol. The molecule has 14 heavy (non-hydrogen) atoms. The van der Waals surface area contributed by atoms with Crippen molar-refractivity contribution in [3.8, 4) is 0 Å². The second-order valence-electron chi connectivity index (χ2n) is 6.56. The van der Waals surface area contributed by atoms with Crippen molar-refractivity contribution in [1.82, 2.24) is 0 Å². The Hall–Kier alpha value is 1.46. The fourth-order valence-corrected chi connectivity index (χ4v) is 11.1. The summed E-state index contributed by atoms with van der Waals surface area (Å²) in [5.41, 5.74) is 0.782. The number of halogens is 2.